The summed E-state index contributed by atoms with van der Waals surface area (Å²) in [5, 5.41) is 8.23. The highest BCUT2D eigenvalue weighted by Gasteiger charge is 2.41. The van der Waals surface area contributed by atoms with Gasteiger partial charge in [0.25, 0.3) is 5.91 Å². The van der Waals surface area contributed by atoms with Gasteiger partial charge in [-0.2, -0.15) is 0 Å². The van der Waals surface area contributed by atoms with Crippen LogP contribution in [-0.2, 0) is 22.7 Å². The van der Waals surface area contributed by atoms with Gasteiger partial charge in [-0.1, -0.05) is 42.5 Å². The van der Waals surface area contributed by atoms with Gasteiger partial charge in [0.15, 0.2) is 0 Å². The Morgan fingerprint density at radius 1 is 0.974 bits per heavy atom. The Labute approximate surface area is 229 Å². The number of halogens is 1. The summed E-state index contributed by atoms with van der Waals surface area (Å²) in [6.45, 7) is 4.73. The van der Waals surface area contributed by atoms with Gasteiger partial charge in [0.05, 0.1) is 0 Å². The molecule has 7 nitrogen and oxygen atoms in total. The number of hydrogen-bond acceptors (Lipinski definition) is 5. The van der Waals surface area contributed by atoms with Crippen LogP contribution >= 0.6 is 12.4 Å². The normalized spacial score (nSPS) is 16.8. The molecule has 0 radical (unpaired) electrons. The molecule has 2 aliphatic rings. The molecule has 0 aromatic heterocycles. The second kappa shape index (κ2) is 12.1. The van der Waals surface area contributed by atoms with Crippen LogP contribution in [0.4, 0.5) is 0 Å². The smallest absolute Gasteiger partial charge is 0.251 e. The number of Topliss-reactive ketones (excluding diaryl/α,β-unsaturated/α-hetero) is 1. The molecule has 2 heterocycles. The number of nitrogens with zero attached hydrogens (tertiary/aromatic N) is 1. The fourth-order valence-corrected chi connectivity index (χ4v) is 5.57. The number of nitrogens with one attached hydrogen (secondary N) is 2. The van der Waals surface area contributed by atoms with Gasteiger partial charge >= 0.3 is 0 Å². The Bertz CT molecular complexity index is 1340. The van der Waals surface area contributed by atoms with Gasteiger partial charge in [0.1, 0.15) is 11.7 Å². The minimum atomic E-state index is -0.957. The summed E-state index contributed by atoms with van der Waals surface area (Å²) >= 11 is 0. The molecule has 0 bridgehead atoms. The van der Waals surface area contributed by atoms with Crippen molar-refractivity contribution in [3.05, 3.63) is 82.9 Å². The number of rotatable bonds is 7. The van der Waals surface area contributed by atoms with Crippen LogP contribution in [0.1, 0.15) is 52.9 Å². The van der Waals surface area contributed by atoms with E-state index in [4.69, 9.17) is 5.73 Å². The van der Waals surface area contributed by atoms with Gasteiger partial charge in [-0.25, -0.2) is 0 Å². The third-order valence-corrected chi connectivity index (χ3v) is 7.67. The van der Waals surface area contributed by atoms with E-state index in [0.29, 0.717) is 38.0 Å². The lowest BCUT2D eigenvalue weighted by Gasteiger charge is -2.31. The second-order valence-electron chi connectivity index (χ2n) is 10.1. The van der Waals surface area contributed by atoms with E-state index in [0.717, 1.165) is 40.6 Å². The molecule has 1 saturated heterocycles. The van der Waals surface area contributed by atoms with Crippen LogP contribution in [-0.4, -0.2) is 42.1 Å². The first kappa shape index (κ1) is 27.8. The van der Waals surface area contributed by atoms with Crippen molar-refractivity contribution >= 4 is 40.8 Å². The Kier molecular flexibility index (Phi) is 8.82. The molecule has 2 atom stereocenters. The number of nitrogens with two attached hydrogens (primary N) is 1. The molecule has 2 aliphatic heterocycles. The van der Waals surface area contributed by atoms with Gasteiger partial charge in [-0.15, -0.1) is 12.4 Å². The minimum absolute atomic E-state index is 0. The van der Waals surface area contributed by atoms with Crippen LogP contribution in [0.25, 0.3) is 10.8 Å². The quantitative estimate of drug-likeness (QED) is 0.401. The van der Waals surface area contributed by atoms with E-state index < -0.39 is 12.0 Å². The van der Waals surface area contributed by atoms with Crippen molar-refractivity contribution in [2.75, 3.05) is 19.6 Å². The van der Waals surface area contributed by atoms with Crippen molar-refractivity contribution in [2.24, 2.45) is 17.6 Å². The SMILES string of the molecule is CCNC(=O)c1ccc2c(c1)CN(C(=O)[C@@H](C(=O)C1CCNCC1)C(N)c1ccc3ccccc3c1)C2.Cl. The zero-order valence-corrected chi connectivity index (χ0v) is 22.4. The highest BCUT2D eigenvalue weighted by Crippen LogP contribution is 2.33. The standard InChI is InChI=1S/C30H34N4O3.ClH/c1-2-33-29(36)23-9-10-24-17-34(18-25(24)16-23)30(37)26(28(35)20-11-13-32-14-12-20)27(31)22-8-7-19-5-3-4-6-21(19)15-22;/h3-10,15-16,20,26-27,32H,2,11-14,17-18,31H2,1H3,(H,33,36);1H/t26-,27?;/m1./s1. The molecule has 3 aromatic rings. The van der Waals surface area contributed by atoms with Crippen LogP contribution in [0.15, 0.2) is 60.7 Å². The summed E-state index contributed by atoms with van der Waals surface area (Å²) in [7, 11) is 0. The van der Waals surface area contributed by atoms with Crippen LogP contribution in [0.2, 0.25) is 0 Å². The van der Waals surface area contributed by atoms with Crippen molar-refractivity contribution in [3.63, 3.8) is 0 Å². The topological polar surface area (TPSA) is 105 Å². The zero-order chi connectivity index (χ0) is 25.9. The minimum Gasteiger partial charge on any atom is -0.352 e. The lowest BCUT2D eigenvalue weighted by molar-refractivity contribution is -0.144. The lowest BCUT2D eigenvalue weighted by Crippen LogP contribution is -2.46. The summed E-state index contributed by atoms with van der Waals surface area (Å²) in [5.74, 6) is -1.57. The molecule has 1 fully saturated rings. The van der Waals surface area contributed by atoms with E-state index in [1.54, 1.807) is 11.0 Å². The molecule has 5 rings (SSSR count). The molecular formula is C30H35ClN4O3. The predicted octanol–water partition coefficient (Wildman–Crippen LogP) is 3.74. The first-order chi connectivity index (χ1) is 18.0. The Morgan fingerprint density at radius 3 is 2.42 bits per heavy atom. The van der Waals surface area contributed by atoms with Crippen LogP contribution in [0.5, 0.6) is 0 Å². The van der Waals surface area contributed by atoms with Crippen molar-refractivity contribution in [3.8, 4) is 0 Å². The Hall–Kier alpha value is -3.26. The Balaban J connectivity index is 0.00000336. The van der Waals surface area contributed by atoms with Crippen molar-refractivity contribution in [1.82, 2.24) is 15.5 Å². The zero-order valence-electron chi connectivity index (χ0n) is 21.6. The maximum absolute atomic E-state index is 14.0. The molecule has 38 heavy (non-hydrogen) atoms. The number of carbonyl (C=O) groups excluding carboxylic acids is 3. The van der Waals surface area contributed by atoms with Gasteiger partial charge in [0, 0.05) is 37.2 Å². The van der Waals surface area contributed by atoms with Crippen LogP contribution in [0, 0.1) is 11.8 Å². The first-order valence-corrected chi connectivity index (χ1v) is 13.1. The Morgan fingerprint density at radius 2 is 1.68 bits per heavy atom. The van der Waals surface area contributed by atoms with E-state index in [2.05, 4.69) is 10.6 Å². The summed E-state index contributed by atoms with van der Waals surface area (Å²) < 4.78 is 0. The number of benzene rings is 3. The first-order valence-electron chi connectivity index (χ1n) is 13.1. The number of piperidine rings is 1. The number of amides is 2. The average Bonchev–Trinajstić information content (AvgIpc) is 3.37. The van der Waals surface area contributed by atoms with Crippen molar-refractivity contribution < 1.29 is 14.4 Å². The van der Waals surface area contributed by atoms with Crippen molar-refractivity contribution in [1.29, 1.82) is 0 Å². The third-order valence-electron chi connectivity index (χ3n) is 7.67. The molecule has 4 N–H and O–H groups in total. The summed E-state index contributed by atoms with van der Waals surface area (Å²) in [4.78, 5) is 41.9. The number of hydrogen-bond donors (Lipinski definition) is 3. The number of fused-ring (bicyclic) bond motifs is 2. The molecule has 0 aliphatic carbocycles. The molecule has 8 heteroatoms. The molecule has 200 valence electrons. The van der Waals surface area contributed by atoms with Gasteiger partial charge in [-0.05, 0) is 78.5 Å². The third kappa shape index (κ3) is 5.60. The van der Waals surface area contributed by atoms with E-state index >= 15 is 0 Å². The molecular weight excluding hydrogens is 500 g/mol. The summed E-state index contributed by atoms with van der Waals surface area (Å²) in [6, 6.07) is 18.7. The largest absolute Gasteiger partial charge is 0.352 e. The fraction of sp³-hybridized carbons (Fsp3) is 0.367. The van der Waals surface area contributed by atoms with Crippen LogP contribution < -0.4 is 16.4 Å². The van der Waals surface area contributed by atoms with E-state index in [9.17, 15) is 14.4 Å². The molecule has 0 spiro atoms. The molecule has 0 saturated carbocycles. The maximum atomic E-state index is 14.0. The fourth-order valence-electron chi connectivity index (χ4n) is 5.57. The van der Waals surface area contributed by atoms with Gasteiger partial charge in [-0.3, -0.25) is 14.4 Å². The summed E-state index contributed by atoms with van der Waals surface area (Å²) in [6.07, 6.45) is 1.42. The van der Waals surface area contributed by atoms with Gasteiger partial charge in [0.2, 0.25) is 5.91 Å². The van der Waals surface area contributed by atoms with E-state index in [1.165, 1.54) is 0 Å². The highest BCUT2D eigenvalue weighted by molar-refractivity contribution is 6.03. The van der Waals surface area contributed by atoms with Crippen LogP contribution in [0.3, 0.4) is 0 Å². The summed E-state index contributed by atoms with van der Waals surface area (Å²) in [5.41, 5.74) is 10.1. The van der Waals surface area contributed by atoms with E-state index in [-0.39, 0.29) is 35.9 Å². The number of ketones is 1. The number of carbonyl (C=O) groups is 3. The van der Waals surface area contributed by atoms with E-state index in [1.807, 2.05) is 61.5 Å². The second-order valence-corrected chi connectivity index (χ2v) is 10.1. The molecule has 1 unspecified atom stereocenters. The highest BCUT2D eigenvalue weighted by atomic mass is 35.5. The van der Waals surface area contributed by atoms with Gasteiger partial charge < -0.3 is 21.3 Å². The van der Waals surface area contributed by atoms with Crippen molar-refractivity contribution in [2.45, 2.75) is 38.9 Å². The average molecular weight is 535 g/mol. The maximum Gasteiger partial charge on any atom is 0.251 e. The lowest BCUT2D eigenvalue weighted by atomic mass is 9.80. The predicted molar refractivity (Wildman–Crippen MR) is 151 cm³/mol. The molecule has 3 aromatic carbocycles. The monoisotopic (exact) mass is 534 g/mol. The molecule has 2 amide bonds.